The van der Waals surface area contributed by atoms with E-state index >= 15 is 0 Å². The summed E-state index contributed by atoms with van der Waals surface area (Å²) in [5.41, 5.74) is 1.22. The average Bonchev–Trinajstić information content (AvgIpc) is 2.37. The fourth-order valence-electron chi connectivity index (χ4n) is 0.960. The summed E-state index contributed by atoms with van der Waals surface area (Å²) in [7, 11) is 0. The number of aromatic nitrogens is 2. The molecule has 0 radical (unpaired) electrons. The van der Waals surface area contributed by atoms with Crippen LogP contribution in [0.25, 0.3) is 0 Å². The maximum Gasteiger partial charge on any atom is 0.0534 e. The first-order valence-corrected chi connectivity index (χ1v) is 4.02. The summed E-state index contributed by atoms with van der Waals surface area (Å²) in [4.78, 5) is 0. The van der Waals surface area contributed by atoms with E-state index in [0.29, 0.717) is 0 Å². The second-order valence-corrected chi connectivity index (χ2v) is 2.63. The molecule has 0 aromatic carbocycles. The van der Waals surface area contributed by atoms with Crippen LogP contribution in [0, 0.1) is 6.92 Å². The van der Waals surface area contributed by atoms with Gasteiger partial charge in [-0.2, -0.15) is 5.10 Å². The molecule has 0 fully saturated rings. The summed E-state index contributed by atoms with van der Waals surface area (Å²) in [5.74, 6) is 0. The molecule has 0 spiro atoms. The van der Waals surface area contributed by atoms with Crippen LogP contribution < -0.4 is 5.32 Å². The molecule has 11 heavy (non-hydrogen) atoms. The molecule has 0 bridgehead atoms. The summed E-state index contributed by atoms with van der Waals surface area (Å²) in [6.45, 7) is 7.14. The van der Waals surface area contributed by atoms with Crippen molar-refractivity contribution in [1.82, 2.24) is 15.1 Å². The quantitative estimate of drug-likeness (QED) is 0.648. The van der Waals surface area contributed by atoms with E-state index in [4.69, 9.17) is 0 Å². The molecule has 0 atom stereocenters. The Morgan fingerprint density at radius 3 is 3.00 bits per heavy atom. The summed E-state index contributed by atoms with van der Waals surface area (Å²) in [5, 5.41) is 7.41. The molecule has 1 heterocycles. The lowest BCUT2D eigenvalue weighted by Crippen LogP contribution is -2.19. The molecule has 62 valence electrons. The third-order valence-electron chi connectivity index (χ3n) is 1.53. The minimum absolute atomic E-state index is 0.960. The van der Waals surface area contributed by atoms with Gasteiger partial charge in [0, 0.05) is 12.7 Å². The minimum atomic E-state index is 0.960. The first kappa shape index (κ1) is 8.27. The molecule has 3 nitrogen and oxygen atoms in total. The van der Waals surface area contributed by atoms with E-state index in [-0.39, 0.29) is 0 Å². The smallest absolute Gasteiger partial charge is 0.0534 e. The normalized spacial score (nSPS) is 10.4. The third-order valence-corrected chi connectivity index (χ3v) is 1.53. The van der Waals surface area contributed by atoms with E-state index in [1.807, 2.05) is 10.9 Å². The fraction of sp³-hybridized carbons (Fsp3) is 0.625. The highest BCUT2D eigenvalue weighted by Crippen LogP contribution is 1.92. The fourth-order valence-corrected chi connectivity index (χ4v) is 0.960. The highest BCUT2D eigenvalue weighted by atomic mass is 15.3. The molecule has 0 aliphatic rings. The van der Waals surface area contributed by atoms with Gasteiger partial charge in [-0.1, -0.05) is 6.92 Å². The van der Waals surface area contributed by atoms with Gasteiger partial charge < -0.3 is 5.32 Å². The Balaban J connectivity index is 2.27. The van der Waals surface area contributed by atoms with Gasteiger partial charge in [0.05, 0.1) is 12.7 Å². The zero-order valence-electron chi connectivity index (χ0n) is 7.17. The molecule has 3 heteroatoms. The van der Waals surface area contributed by atoms with E-state index in [1.165, 1.54) is 5.56 Å². The summed E-state index contributed by atoms with van der Waals surface area (Å²) in [6, 6.07) is 0. The number of likely N-dealkylation sites (N-methyl/N-ethyl adjacent to an activating group) is 1. The lowest BCUT2D eigenvalue weighted by molar-refractivity contribution is 0.565. The molecule has 0 amide bonds. The highest BCUT2D eigenvalue weighted by Gasteiger charge is 1.91. The maximum absolute atomic E-state index is 4.16. The summed E-state index contributed by atoms with van der Waals surface area (Å²) < 4.78 is 1.96. The molecular formula is C8H15N3. The molecule has 0 unspecified atom stereocenters. The zero-order chi connectivity index (χ0) is 8.10. The van der Waals surface area contributed by atoms with Crippen molar-refractivity contribution in [3.05, 3.63) is 18.0 Å². The van der Waals surface area contributed by atoms with Gasteiger partial charge >= 0.3 is 0 Å². The Hall–Kier alpha value is -0.830. The van der Waals surface area contributed by atoms with Gasteiger partial charge in [-0.25, -0.2) is 0 Å². The van der Waals surface area contributed by atoms with Crippen molar-refractivity contribution < 1.29 is 0 Å². The highest BCUT2D eigenvalue weighted by molar-refractivity contribution is 4.99. The van der Waals surface area contributed by atoms with Gasteiger partial charge in [0.25, 0.3) is 0 Å². The van der Waals surface area contributed by atoms with Crippen molar-refractivity contribution in [3.63, 3.8) is 0 Å². The van der Waals surface area contributed by atoms with Crippen molar-refractivity contribution in [2.45, 2.75) is 20.4 Å². The van der Waals surface area contributed by atoms with E-state index < -0.39 is 0 Å². The minimum Gasteiger partial charge on any atom is -0.315 e. The second kappa shape index (κ2) is 4.13. The van der Waals surface area contributed by atoms with Gasteiger partial charge in [-0.05, 0) is 19.0 Å². The van der Waals surface area contributed by atoms with Crippen LogP contribution >= 0.6 is 0 Å². The van der Waals surface area contributed by atoms with Gasteiger partial charge in [0.15, 0.2) is 0 Å². The topological polar surface area (TPSA) is 29.9 Å². The van der Waals surface area contributed by atoms with E-state index in [1.54, 1.807) is 0 Å². The molecule has 0 aliphatic carbocycles. The first-order valence-electron chi connectivity index (χ1n) is 4.02. The van der Waals surface area contributed by atoms with E-state index in [9.17, 15) is 0 Å². The Morgan fingerprint density at radius 2 is 2.45 bits per heavy atom. The molecule has 0 saturated heterocycles. The molecule has 1 N–H and O–H groups in total. The van der Waals surface area contributed by atoms with Crippen LogP contribution in [-0.2, 0) is 6.54 Å². The van der Waals surface area contributed by atoms with E-state index in [2.05, 4.69) is 30.5 Å². The summed E-state index contributed by atoms with van der Waals surface area (Å²) in [6.07, 6.45) is 3.93. The first-order chi connectivity index (χ1) is 5.33. The van der Waals surface area contributed by atoms with Crippen LogP contribution in [-0.4, -0.2) is 22.9 Å². The van der Waals surface area contributed by atoms with Crippen LogP contribution in [0.5, 0.6) is 0 Å². The lowest BCUT2D eigenvalue weighted by atomic mass is 10.4. The van der Waals surface area contributed by atoms with Crippen LogP contribution in [0.4, 0.5) is 0 Å². The third kappa shape index (κ3) is 2.72. The Bertz CT molecular complexity index is 205. The van der Waals surface area contributed by atoms with Crippen molar-refractivity contribution in [2.75, 3.05) is 13.1 Å². The standard InChI is InChI=1S/C8H15N3/c1-3-9-4-5-11-7-8(2)6-10-11/h6-7,9H,3-5H2,1-2H3. The Labute approximate surface area is 67.4 Å². The van der Waals surface area contributed by atoms with Gasteiger partial charge in [0.1, 0.15) is 0 Å². The van der Waals surface area contributed by atoms with Crippen LogP contribution in [0.3, 0.4) is 0 Å². The molecular weight excluding hydrogens is 138 g/mol. The molecule has 1 aromatic rings. The van der Waals surface area contributed by atoms with Crippen molar-refractivity contribution >= 4 is 0 Å². The Morgan fingerprint density at radius 1 is 1.64 bits per heavy atom. The predicted octanol–water partition coefficient (Wildman–Crippen LogP) is 0.801. The number of nitrogens with one attached hydrogen (secondary N) is 1. The number of nitrogens with zero attached hydrogens (tertiary/aromatic N) is 2. The van der Waals surface area contributed by atoms with Crippen molar-refractivity contribution in [3.8, 4) is 0 Å². The number of aryl methyl sites for hydroxylation is 1. The number of hydrogen-bond donors (Lipinski definition) is 1. The molecule has 1 aromatic heterocycles. The van der Waals surface area contributed by atoms with Crippen LogP contribution in [0.1, 0.15) is 12.5 Å². The zero-order valence-corrected chi connectivity index (χ0v) is 7.17. The van der Waals surface area contributed by atoms with Gasteiger partial charge in [-0.15, -0.1) is 0 Å². The number of rotatable bonds is 4. The monoisotopic (exact) mass is 153 g/mol. The van der Waals surface area contributed by atoms with Crippen molar-refractivity contribution in [1.29, 1.82) is 0 Å². The number of hydrogen-bond acceptors (Lipinski definition) is 2. The SMILES string of the molecule is CCNCCn1cc(C)cn1. The van der Waals surface area contributed by atoms with Crippen molar-refractivity contribution in [2.24, 2.45) is 0 Å². The molecule has 0 aliphatic heterocycles. The lowest BCUT2D eigenvalue weighted by Gasteiger charge is -2.00. The van der Waals surface area contributed by atoms with Gasteiger partial charge in [0.2, 0.25) is 0 Å². The summed E-state index contributed by atoms with van der Waals surface area (Å²) >= 11 is 0. The largest absolute Gasteiger partial charge is 0.315 e. The van der Waals surface area contributed by atoms with Gasteiger partial charge in [-0.3, -0.25) is 4.68 Å². The van der Waals surface area contributed by atoms with Crippen LogP contribution in [0.15, 0.2) is 12.4 Å². The second-order valence-electron chi connectivity index (χ2n) is 2.63. The molecule has 1 rings (SSSR count). The molecule has 0 saturated carbocycles. The van der Waals surface area contributed by atoms with Crippen LogP contribution in [0.2, 0.25) is 0 Å². The predicted molar refractivity (Wildman–Crippen MR) is 45.5 cm³/mol. The maximum atomic E-state index is 4.16. The Kier molecular flexibility index (Phi) is 3.11. The van der Waals surface area contributed by atoms with E-state index in [0.717, 1.165) is 19.6 Å². The average molecular weight is 153 g/mol.